The highest BCUT2D eigenvalue weighted by Gasteiger charge is 2.07. The second kappa shape index (κ2) is 4.90. The third kappa shape index (κ3) is 2.87. The van der Waals surface area contributed by atoms with Gasteiger partial charge in [-0.3, -0.25) is 0 Å². The Balaban J connectivity index is 2.34. The lowest BCUT2D eigenvalue weighted by atomic mass is 10.2. The first kappa shape index (κ1) is 12.1. The fourth-order valence-electron chi connectivity index (χ4n) is 1.34. The van der Waals surface area contributed by atoms with Crippen molar-refractivity contribution in [2.45, 2.75) is 13.8 Å². The average Bonchev–Trinajstić information content (AvgIpc) is 2.27. The molecule has 1 aromatic carbocycles. The first-order valence-electron chi connectivity index (χ1n) is 4.99. The number of hydrogen-bond donors (Lipinski definition) is 0. The Hall–Kier alpha value is -1.32. The van der Waals surface area contributed by atoms with Gasteiger partial charge >= 0.3 is 0 Å². The van der Waals surface area contributed by atoms with E-state index in [1.165, 1.54) is 0 Å². The van der Waals surface area contributed by atoms with Crippen molar-refractivity contribution < 1.29 is 4.74 Å². The summed E-state index contributed by atoms with van der Waals surface area (Å²) < 4.78 is 5.68. The lowest BCUT2D eigenvalue weighted by Crippen LogP contribution is -1.95. The maximum Gasteiger partial charge on any atom is 0.226 e. The number of nitrogens with zero attached hydrogens (tertiary/aromatic N) is 2. The van der Waals surface area contributed by atoms with Gasteiger partial charge in [-0.05, 0) is 49.2 Å². The van der Waals surface area contributed by atoms with Crippen molar-refractivity contribution in [2.24, 2.45) is 0 Å². The van der Waals surface area contributed by atoms with Gasteiger partial charge in [0.25, 0.3) is 0 Å². The zero-order chi connectivity index (χ0) is 12.4. The minimum Gasteiger partial charge on any atom is -0.438 e. The summed E-state index contributed by atoms with van der Waals surface area (Å²) >= 11 is 11.6. The van der Waals surface area contributed by atoms with Crippen molar-refractivity contribution >= 4 is 23.2 Å². The molecule has 0 spiro atoms. The molecule has 17 heavy (non-hydrogen) atoms. The van der Waals surface area contributed by atoms with Gasteiger partial charge in [0, 0.05) is 16.8 Å². The van der Waals surface area contributed by atoms with Crippen molar-refractivity contribution in [3.63, 3.8) is 0 Å². The maximum absolute atomic E-state index is 5.87. The summed E-state index contributed by atoms with van der Waals surface area (Å²) in [6.07, 6.45) is 1.62. The van der Waals surface area contributed by atoms with Crippen LogP contribution in [-0.2, 0) is 0 Å². The van der Waals surface area contributed by atoms with Gasteiger partial charge in [-0.2, -0.15) is 4.98 Å². The third-order valence-corrected chi connectivity index (χ3v) is 2.66. The number of ether oxygens (including phenoxy) is 1. The highest BCUT2D eigenvalue weighted by Crippen LogP contribution is 2.28. The Bertz CT molecular complexity index is 558. The molecule has 0 fully saturated rings. The van der Waals surface area contributed by atoms with Crippen LogP contribution in [0.25, 0.3) is 0 Å². The van der Waals surface area contributed by atoms with E-state index in [0.717, 1.165) is 11.1 Å². The van der Waals surface area contributed by atoms with Crippen LogP contribution in [0.4, 0.5) is 0 Å². The fourth-order valence-corrected chi connectivity index (χ4v) is 1.69. The molecule has 2 aromatic rings. The van der Waals surface area contributed by atoms with Crippen LogP contribution in [0.2, 0.25) is 10.3 Å². The standard InChI is InChI=1S/C12H10Cl2N2O/c1-7-5-9(13)3-4-10(7)17-11-8(2)6-15-12(14)16-11/h3-6H,1-2H3. The van der Waals surface area contributed by atoms with E-state index in [1.54, 1.807) is 18.3 Å². The fraction of sp³-hybridized carbons (Fsp3) is 0.167. The van der Waals surface area contributed by atoms with E-state index in [0.29, 0.717) is 16.7 Å². The molecule has 0 amide bonds. The van der Waals surface area contributed by atoms with Crippen molar-refractivity contribution in [1.82, 2.24) is 9.97 Å². The zero-order valence-electron chi connectivity index (χ0n) is 9.37. The van der Waals surface area contributed by atoms with E-state index < -0.39 is 0 Å². The monoisotopic (exact) mass is 268 g/mol. The van der Waals surface area contributed by atoms with Gasteiger partial charge in [0.1, 0.15) is 5.75 Å². The molecule has 0 aliphatic rings. The number of benzene rings is 1. The molecule has 0 saturated carbocycles. The maximum atomic E-state index is 5.87. The van der Waals surface area contributed by atoms with Crippen LogP contribution < -0.4 is 4.74 Å². The summed E-state index contributed by atoms with van der Waals surface area (Å²) in [5.41, 5.74) is 1.76. The van der Waals surface area contributed by atoms with E-state index in [1.807, 2.05) is 19.9 Å². The summed E-state index contributed by atoms with van der Waals surface area (Å²) in [7, 11) is 0. The topological polar surface area (TPSA) is 35.0 Å². The highest BCUT2D eigenvalue weighted by atomic mass is 35.5. The molecule has 0 bridgehead atoms. The van der Waals surface area contributed by atoms with Crippen LogP contribution in [0, 0.1) is 13.8 Å². The summed E-state index contributed by atoms with van der Waals surface area (Å²) in [5, 5.41) is 0.838. The smallest absolute Gasteiger partial charge is 0.226 e. The molecule has 88 valence electrons. The van der Waals surface area contributed by atoms with Crippen LogP contribution in [0.15, 0.2) is 24.4 Å². The van der Waals surface area contributed by atoms with Gasteiger partial charge in [0.15, 0.2) is 0 Å². The number of aromatic nitrogens is 2. The highest BCUT2D eigenvalue weighted by molar-refractivity contribution is 6.30. The Morgan fingerprint density at radius 1 is 1.12 bits per heavy atom. The second-order valence-electron chi connectivity index (χ2n) is 3.64. The van der Waals surface area contributed by atoms with Crippen molar-refractivity contribution in [3.8, 4) is 11.6 Å². The lowest BCUT2D eigenvalue weighted by molar-refractivity contribution is 0.454. The molecule has 0 radical (unpaired) electrons. The Morgan fingerprint density at radius 3 is 2.59 bits per heavy atom. The minimum atomic E-state index is 0.164. The van der Waals surface area contributed by atoms with Gasteiger partial charge < -0.3 is 4.74 Å². The van der Waals surface area contributed by atoms with Gasteiger partial charge in [-0.15, -0.1) is 0 Å². The summed E-state index contributed by atoms with van der Waals surface area (Å²) in [6, 6.07) is 5.39. The molecule has 0 aliphatic heterocycles. The van der Waals surface area contributed by atoms with Crippen LogP contribution in [-0.4, -0.2) is 9.97 Å². The quantitative estimate of drug-likeness (QED) is 0.766. The van der Waals surface area contributed by atoms with Crippen LogP contribution in [0.3, 0.4) is 0 Å². The Labute approximate surface area is 109 Å². The molecule has 5 heteroatoms. The van der Waals surface area contributed by atoms with Gasteiger partial charge in [0.2, 0.25) is 11.2 Å². The van der Waals surface area contributed by atoms with E-state index in [2.05, 4.69) is 9.97 Å². The predicted molar refractivity (Wildman–Crippen MR) is 68.0 cm³/mol. The van der Waals surface area contributed by atoms with Gasteiger partial charge in [-0.25, -0.2) is 4.98 Å². The second-order valence-corrected chi connectivity index (χ2v) is 4.41. The molecule has 1 aromatic heterocycles. The third-order valence-electron chi connectivity index (χ3n) is 2.24. The molecule has 0 atom stereocenters. The lowest BCUT2D eigenvalue weighted by Gasteiger charge is -2.09. The largest absolute Gasteiger partial charge is 0.438 e. The van der Waals surface area contributed by atoms with Gasteiger partial charge in [0.05, 0.1) is 0 Å². The van der Waals surface area contributed by atoms with E-state index in [-0.39, 0.29) is 5.28 Å². The number of rotatable bonds is 2. The van der Waals surface area contributed by atoms with Crippen molar-refractivity contribution in [2.75, 3.05) is 0 Å². The Kier molecular flexibility index (Phi) is 3.50. The first-order chi connectivity index (χ1) is 8.06. The van der Waals surface area contributed by atoms with Crippen LogP contribution in [0.5, 0.6) is 11.6 Å². The van der Waals surface area contributed by atoms with E-state index in [9.17, 15) is 0 Å². The number of halogens is 2. The molecule has 0 unspecified atom stereocenters. The zero-order valence-corrected chi connectivity index (χ0v) is 10.9. The number of hydrogen-bond acceptors (Lipinski definition) is 3. The van der Waals surface area contributed by atoms with Crippen molar-refractivity contribution in [1.29, 1.82) is 0 Å². The average molecular weight is 269 g/mol. The molecule has 0 N–H and O–H groups in total. The summed E-state index contributed by atoms with van der Waals surface area (Å²) in [5.74, 6) is 1.16. The SMILES string of the molecule is Cc1cc(Cl)ccc1Oc1nc(Cl)ncc1C. The molecule has 2 rings (SSSR count). The molecule has 3 nitrogen and oxygen atoms in total. The van der Waals surface area contributed by atoms with Crippen LogP contribution >= 0.6 is 23.2 Å². The van der Waals surface area contributed by atoms with E-state index >= 15 is 0 Å². The van der Waals surface area contributed by atoms with Crippen LogP contribution in [0.1, 0.15) is 11.1 Å². The van der Waals surface area contributed by atoms with E-state index in [4.69, 9.17) is 27.9 Å². The molecular formula is C12H10Cl2N2O. The summed E-state index contributed by atoms with van der Waals surface area (Å²) in [6.45, 7) is 3.77. The van der Waals surface area contributed by atoms with Crippen molar-refractivity contribution in [3.05, 3.63) is 45.8 Å². The Morgan fingerprint density at radius 2 is 1.88 bits per heavy atom. The molecular weight excluding hydrogens is 259 g/mol. The molecule has 1 heterocycles. The first-order valence-corrected chi connectivity index (χ1v) is 5.75. The normalized spacial score (nSPS) is 10.4. The predicted octanol–water partition coefficient (Wildman–Crippen LogP) is 4.19. The molecule has 0 saturated heterocycles. The molecule has 0 aliphatic carbocycles. The summed E-state index contributed by atoms with van der Waals surface area (Å²) in [4.78, 5) is 7.90. The minimum absolute atomic E-state index is 0.164. The number of aryl methyl sites for hydroxylation is 2. The van der Waals surface area contributed by atoms with Gasteiger partial charge in [-0.1, -0.05) is 11.6 Å².